The number of methoxy groups -OCH3 is 2. The summed E-state index contributed by atoms with van der Waals surface area (Å²) in [4.78, 5) is 28.4. The molecule has 2 unspecified atom stereocenters. The van der Waals surface area contributed by atoms with Crippen LogP contribution in [0.5, 0.6) is 17.2 Å². The third kappa shape index (κ3) is 4.31. The van der Waals surface area contributed by atoms with Gasteiger partial charge in [0.25, 0.3) is 0 Å². The summed E-state index contributed by atoms with van der Waals surface area (Å²) >= 11 is 0. The number of benzene rings is 2. The van der Waals surface area contributed by atoms with Crippen molar-refractivity contribution in [1.29, 1.82) is 5.41 Å². The molecular formula is C26H30FN3O6. The number of carbonyl (C=O) groups excluding carboxylic acids is 1. The number of carboxylic acids is 1. The number of Topliss-reactive ketones (excluding diaryl/α,β-unsaturated/α-hetero) is 1. The average Bonchev–Trinajstić information content (AvgIpc) is 3.17. The van der Waals surface area contributed by atoms with Crippen LogP contribution in [0.2, 0.25) is 0 Å². The van der Waals surface area contributed by atoms with Crippen molar-refractivity contribution in [2.75, 3.05) is 32.7 Å². The van der Waals surface area contributed by atoms with Crippen LogP contribution in [0.4, 0.5) is 10.1 Å². The second kappa shape index (κ2) is 10.0. The first-order chi connectivity index (χ1) is 17.2. The molecule has 0 aliphatic carbocycles. The zero-order valence-electron chi connectivity index (χ0n) is 20.8. The van der Waals surface area contributed by atoms with E-state index in [0.29, 0.717) is 29.0 Å². The van der Waals surface area contributed by atoms with Gasteiger partial charge in [-0.1, -0.05) is 19.8 Å². The van der Waals surface area contributed by atoms with E-state index in [1.54, 1.807) is 24.3 Å². The zero-order valence-corrected chi connectivity index (χ0v) is 20.8. The predicted octanol–water partition coefficient (Wildman–Crippen LogP) is 3.71. The largest absolute Gasteiger partial charge is 0.493 e. The van der Waals surface area contributed by atoms with Gasteiger partial charge in [-0.2, -0.15) is 0 Å². The summed E-state index contributed by atoms with van der Waals surface area (Å²) < 4.78 is 31.1. The lowest BCUT2D eigenvalue weighted by molar-refractivity contribution is -0.146. The molecule has 2 N–H and O–H groups in total. The second-order valence-electron chi connectivity index (χ2n) is 8.97. The Morgan fingerprint density at radius 1 is 1.25 bits per heavy atom. The molecule has 2 atom stereocenters. The molecule has 0 saturated heterocycles. The van der Waals surface area contributed by atoms with Gasteiger partial charge < -0.3 is 29.1 Å². The minimum absolute atomic E-state index is 0.0795. The summed E-state index contributed by atoms with van der Waals surface area (Å²) in [5.74, 6) is -1.52. The Morgan fingerprint density at radius 3 is 2.64 bits per heavy atom. The topological polar surface area (TPSA) is 112 Å². The van der Waals surface area contributed by atoms with E-state index in [0.717, 1.165) is 12.8 Å². The fraction of sp³-hybridized carbons (Fsp3) is 0.423. The van der Waals surface area contributed by atoms with Crippen LogP contribution in [0.1, 0.15) is 47.7 Å². The van der Waals surface area contributed by atoms with E-state index in [1.807, 2.05) is 18.9 Å². The molecule has 0 spiro atoms. The number of hydrogen-bond donors (Lipinski definition) is 2. The van der Waals surface area contributed by atoms with E-state index in [1.165, 1.54) is 19.1 Å². The summed E-state index contributed by atoms with van der Waals surface area (Å²) in [5, 5.41) is 18.1. The van der Waals surface area contributed by atoms with Gasteiger partial charge in [0.2, 0.25) is 6.10 Å². The summed E-state index contributed by atoms with van der Waals surface area (Å²) in [6, 6.07) is 6.13. The highest BCUT2D eigenvalue weighted by Gasteiger charge is 2.39. The highest BCUT2D eigenvalue weighted by atomic mass is 19.1. The van der Waals surface area contributed by atoms with Gasteiger partial charge in [0.15, 0.2) is 23.1 Å². The van der Waals surface area contributed by atoms with Crippen LogP contribution in [0.15, 0.2) is 24.3 Å². The molecular weight excluding hydrogens is 469 g/mol. The quantitative estimate of drug-likeness (QED) is 0.502. The number of rotatable bonds is 9. The molecule has 0 radical (unpaired) electrons. The van der Waals surface area contributed by atoms with Crippen LogP contribution < -0.4 is 19.1 Å². The van der Waals surface area contributed by atoms with E-state index >= 15 is 4.39 Å². The van der Waals surface area contributed by atoms with Crippen LogP contribution in [-0.2, 0) is 11.3 Å². The Hall–Kier alpha value is -3.82. The third-order valence-electron chi connectivity index (χ3n) is 6.80. The maximum absolute atomic E-state index is 15.0. The summed E-state index contributed by atoms with van der Waals surface area (Å²) in [5.41, 5.74) is 1.67. The van der Waals surface area contributed by atoms with Gasteiger partial charge >= 0.3 is 5.97 Å². The van der Waals surface area contributed by atoms with Crippen molar-refractivity contribution in [1.82, 2.24) is 4.90 Å². The summed E-state index contributed by atoms with van der Waals surface area (Å²) in [6.45, 7) is 2.10. The number of ether oxygens (including phenoxy) is 3. The summed E-state index contributed by atoms with van der Waals surface area (Å²) in [7, 11) is 4.55. The predicted molar refractivity (Wildman–Crippen MR) is 131 cm³/mol. The van der Waals surface area contributed by atoms with Crippen molar-refractivity contribution in [3.05, 3.63) is 46.8 Å². The van der Waals surface area contributed by atoms with Crippen LogP contribution in [-0.4, -0.2) is 67.6 Å². The van der Waals surface area contributed by atoms with Crippen LogP contribution in [0, 0.1) is 11.2 Å². The van der Waals surface area contributed by atoms with Crippen molar-refractivity contribution >= 4 is 23.3 Å². The Labute approximate surface area is 208 Å². The second-order valence-corrected chi connectivity index (χ2v) is 8.97. The highest BCUT2D eigenvalue weighted by molar-refractivity contribution is 6.06. The normalized spacial score (nSPS) is 18.4. The molecule has 2 aliphatic rings. The molecule has 2 aromatic carbocycles. The number of carbonyl (C=O) groups is 2. The number of carboxylic acid groups (broad SMARTS) is 1. The zero-order chi connectivity index (χ0) is 26.1. The monoisotopic (exact) mass is 499 g/mol. The molecule has 2 aliphatic heterocycles. The number of nitrogens with one attached hydrogen (secondary N) is 1. The Balaban J connectivity index is 1.56. The van der Waals surface area contributed by atoms with Gasteiger partial charge in [0.1, 0.15) is 11.6 Å². The maximum atomic E-state index is 15.0. The highest BCUT2D eigenvalue weighted by Crippen LogP contribution is 2.40. The lowest BCUT2D eigenvalue weighted by Crippen LogP contribution is -2.51. The van der Waals surface area contributed by atoms with Crippen LogP contribution in [0.25, 0.3) is 0 Å². The number of hydrogen-bond acceptors (Lipinski definition) is 7. The number of halogens is 1. The number of aliphatic carboxylic acids is 1. The Kier molecular flexibility index (Phi) is 7.05. The van der Waals surface area contributed by atoms with Crippen molar-refractivity contribution in [2.45, 2.75) is 44.9 Å². The van der Waals surface area contributed by atoms with Gasteiger partial charge in [-0.25, -0.2) is 9.18 Å². The molecule has 4 rings (SSSR count). The minimum atomic E-state index is -1.03. The fourth-order valence-corrected chi connectivity index (χ4v) is 4.86. The van der Waals surface area contributed by atoms with E-state index < -0.39 is 17.9 Å². The number of ketones is 1. The first kappa shape index (κ1) is 25.3. The molecule has 0 bridgehead atoms. The van der Waals surface area contributed by atoms with E-state index in [-0.39, 0.29) is 47.8 Å². The average molecular weight is 500 g/mol. The smallest absolute Gasteiger partial charge is 0.347 e. The Bertz CT molecular complexity index is 1220. The lowest BCUT2D eigenvalue weighted by Gasteiger charge is -2.40. The summed E-state index contributed by atoms with van der Waals surface area (Å²) in [6.07, 6.45) is 1.41. The van der Waals surface area contributed by atoms with Gasteiger partial charge in [-0.15, -0.1) is 0 Å². The third-order valence-corrected chi connectivity index (χ3v) is 6.80. The molecule has 2 heterocycles. The van der Waals surface area contributed by atoms with Crippen molar-refractivity contribution in [3.8, 4) is 17.2 Å². The van der Waals surface area contributed by atoms with Gasteiger partial charge in [-0.05, 0) is 36.2 Å². The van der Waals surface area contributed by atoms with Gasteiger partial charge in [0.05, 0.1) is 38.1 Å². The number of fused-ring (bicyclic) bond motifs is 2. The number of unbranched alkanes of at least 4 members (excludes halogenated alkanes) is 1. The van der Waals surface area contributed by atoms with Crippen molar-refractivity contribution < 1.29 is 33.3 Å². The fourth-order valence-electron chi connectivity index (χ4n) is 4.86. The molecule has 192 valence electrons. The molecule has 10 heteroatoms. The molecule has 0 saturated carbocycles. The lowest BCUT2D eigenvalue weighted by atomic mass is 9.98. The number of anilines is 1. The van der Waals surface area contributed by atoms with Crippen molar-refractivity contribution in [3.63, 3.8) is 0 Å². The van der Waals surface area contributed by atoms with Crippen LogP contribution in [0.3, 0.4) is 0 Å². The first-order valence-electron chi connectivity index (χ1n) is 11.8. The molecule has 36 heavy (non-hydrogen) atoms. The number of nitrogens with zero attached hydrogens (tertiary/aromatic N) is 2. The molecule has 0 amide bonds. The number of amidine groups is 1. The molecule has 0 fully saturated rings. The van der Waals surface area contributed by atoms with Gasteiger partial charge in [-0.3, -0.25) is 10.2 Å². The van der Waals surface area contributed by atoms with E-state index in [4.69, 9.17) is 19.6 Å². The van der Waals surface area contributed by atoms with Crippen molar-refractivity contribution in [2.24, 2.45) is 0 Å². The Morgan fingerprint density at radius 2 is 2.00 bits per heavy atom. The SMILES string of the molecule is CCCCC1C(C(=O)O)Oc2ccc(C(=O)CN3Cc4cc(OC)c(OC)c(F)c4C3=N)cc2N1C. The molecule has 0 aromatic heterocycles. The van der Waals surface area contributed by atoms with Crippen LogP contribution >= 0.6 is 0 Å². The first-order valence-corrected chi connectivity index (χ1v) is 11.8. The standard InChI is InChI=1S/C26H30FN3O6/c1-5-6-7-16-23(26(32)33)36-19-9-8-14(10-17(19)29(16)2)18(31)13-30-12-15-11-20(34-3)24(35-4)22(27)21(15)25(30)28/h8-11,16,23,28H,5-7,12-13H2,1-4H3,(H,32,33). The molecule has 9 nitrogen and oxygen atoms in total. The maximum Gasteiger partial charge on any atom is 0.347 e. The van der Waals surface area contributed by atoms with E-state index in [9.17, 15) is 14.7 Å². The van der Waals surface area contributed by atoms with Gasteiger partial charge in [0, 0.05) is 19.2 Å². The van der Waals surface area contributed by atoms with E-state index in [2.05, 4.69) is 0 Å². The minimum Gasteiger partial charge on any atom is -0.493 e. The molecule has 2 aromatic rings. The number of likely N-dealkylation sites (N-methyl/N-ethyl adjacent to an activating group) is 1.